The Labute approximate surface area is 195 Å². The predicted octanol–water partition coefficient (Wildman–Crippen LogP) is 5.49. The van der Waals surface area contributed by atoms with Crippen LogP contribution in [-0.2, 0) is 0 Å². The van der Waals surface area contributed by atoms with E-state index in [1.807, 2.05) is 6.07 Å². The third-order valence-corrected chi connectivity index (χ3v) is 7.65. The fraction of sp³-hybridized carbons (Fsp3) is 0. The van der Waals surface area contributed by atoms with Crippen molar-refractivity contribution >= 4 is 44.9 Å². The normalized spacial score (nSPS) is 13.7. The van der Waals surface area contributed by atoms with Gasteiger partial charge in [0.2, 0.25) is 0 Å². The number of aromatic nitrogens is 1. The zero-order chi connectivity index (χ0) is 22.0. The Balaban J connectivity index is 1.48. The summed E-state index contributed by atoms with van der Waals surface area (Å²) >= 11 is 0. The second-order valence-electron chi connectivity index (χ2n) is 9.30. The molecular formula is C30H16BNO2. The quantitative estimate of drug-likeness (QED) is 0.320. The van der Waals surface area contributed by atoms with Crippen molar-refractivity contribution in [2.75, 3.05) is 0 Å². The first-order valence-corrected chi connectivity index (χ1v) is 11.7. The van der Waals surface area contributed by atoms with Gasteiger partial charge in [-0.05, 0) is 64.5 Å². The molecule has 0 unspecified atom stereocenters. The SMILES string of the molecule is c1ccc(-c2ccc3c4ccc5c6c4n(c3c2)-c2cccc3c2B6c2c(cccc2O5)O3)cc1. The molecule has 0 saturated carbocycles. The first-order valence-electron chi connectivity index (χ1n) is 11.7. The molecule has 3 aliphatic rings. The molecule has 0 spiro atoms. The largest absolute Gasteiger partial charge is 0.458 e. The van der Waals surface area contributed by atoms with Gasteiger partial charge >= 0.3 is 0 Å². The maximum atomic E-state index is 6.47. The molecule has 3 aliphatic heterocycles. The lowest BCUT2D eigenvalue weighted by Gasteiger charge is -2.37. The van der Waals surface area contributed by atoms with E-state index in [4.69, 9.17) is 9.47 Å². The van der Waals surface area contributed by atoms with E-state index in [-0.39, 0.29) is 6.71 Å². The monoisotopic (exact) mass is 433 g/mol. The Hall–Kier alpha value is -4.44. The average molecular weight is 433 g/mol. The minimum absolute atomic E-state index is 0.115. The average Bonchev–Trinajstić information content (AvgIpc) is 3.23. The number of rotatable bonds is 1. The van der Waals surface area contributed by atoms with Crippen molar-refractivity contribution in [2.45, 2.75) is 0 Å². The van der Waals surface area contributed by atoms with Crippen molar-refractivity contribution in [3.63, 3.8) is 0 Å². The highest BCUT2D eigenvalue weighted by Gasteiger charge is 2.46. The molecule has 0 aliphatic carbocycles. The van der Waals surface area contributed by atoms with Gasteiger partial charge in [-0.2, -0.15) is 0 Å². The number of fused-ring (bicyclic) bond motifs is 4. The van der Waals surface area contributed by atoms with E-state index in [0.29, 0.717) is 0 Å². The molecular weight excluding hydrogens is 417 g/mol. The molecule has 0 atom stereocenters. The van der Waals surface area contributed by atoms with E-state index in [2.05, 4.69) is 95.6 Å². The van der Waals surface area contributed by atoms with Crippen molar-refractivity contribution in [3.05, 3.63) is 97.1 Å². The number of nitrogens with zero attached hydrogens (tertiary/aromatic N) is 1. The van der Waals surface area contributed by atoms with Crippen molar-refractivity contribution in [2.24, 2.45) is 0 Å². The topological polar surface area (TPSA) is 23.4 Å². The summed E-state index contributed by atoms with van der Waals surface area (Å²) in [7, 11) is 0. The van der Waals surface area contributed by atoms with Gasteiger partial charge in [0.25, 0.3) is 6.71 Å². The Morgan fingerprint density at radius 3 is 2.06 bits per heavy atom. The molecule has 3 nitrogen and oxygen atoms in total. The van der Waals surface area contributed by atoms with E-state index < -0.39 is 0 Å². The minimum atomic E-state index is 0.115. The second kappa shape index (κ2) is 5.73. The van der Waals surface area contributed by atoms with Crippen molar-refractivity contribution in [1.29, 1.82) is 0 Å². The number of benzene rings is 5. The molecule has 156 valence electrons. The van der Waals surface area contributed by atoms with E-state index in [0.717, 1.165) is 28.5 Å². The number of hydrogen-bond donors (Lipinski definition) is 0. The van der Waals surface area contributed by atoms with Gasteiger partial charge in [-0.25, -0.2) is 0 Å². The maximum Gasteiger partial charge on any atom is 0.266 e. The molecule has 0 N–H and O–H groups in total. The van der Waals surface area contributed by atoms with Crippen LogP contribution in [0.25, 0.3) is 38.6 Å². The molecule has 6 aromatic rings. The third kappa shape index (κ3) is 1.89. The lowest BCUT2D eigenvalue weighted by Crippen LogP contribution is -2.60. The Bertz CT molecular complexity index is 1850. The molecule has 0 amide bonds. The van der Waals surface area contributed by atoms with Crippen LogP contribution in [0.3, 0.4) is 0 Å². The van der Waals surface area contributed by atoms with E-state index >= 15 is 0 Å². The summed E-state index contributed by atoms with van der Waals surface area (Å²) in [6, 6.07) is 34.3. The highest BCUT2D eigenvalue weighted by atomic mass is 16.5. The van der Waals surface area contributed by atoms with Crippen LogP contribution in [-0.4, -0.2) is 11.3 Å². The van der Waals surface area contributed by atoms with Gasteiger partial charge in [0.05, 0.1) is 11.0 Å². The first-order chi connectivity index (χ1) is 16.9. The molecule has 0 bridgehead atoms. The fourth-order valence-corrected chi connectivity index (χ4v) is 6.30. The molecule has 0 radical (unpaired) electrons. The van der Waals surface area contributed by atoms with E-state index in [1.165, 1.54) is 49.5 Å². The third-order valence-electron chi connectivity index (χ3n) is 7.65. The maximum absolute atomic E-state index is 6.47. The zero-order valence-corrected chi connectivity index (χ0v) is 18.1. The summed E-state index contributed by atoms with van der Waals surface area (Å²) in [5.74, 6) is 3.66. The Kier molecular flexibility index (Phi) is 2.88. The molecule has 9 rings (SSSR count). The summed E-state index contributed by atoms with van der Waals surface area (Å²) in [6.07, 6.45) is 0. The standard InChI is InChI=1S/C30H16BNO2/c1-2-6-17(7-3-1)18-12-13-19-20-14-15-26-29-30(20)32(22(19)16-18)21-8-4-9-23-27(21)31(29)28-24(33-23)10-5-11-25(28)34-26/h1-16H. The summed E-state index contributed by atoms with van der Waals surface area (Å²) in [4.78, 5) is 0. The molecule has 5 aromatic carbocycles. The summed E-state index contributed by atoms with van der Waals surface area (Å²) < 4.78 is 15.3. The van der Waals surface area contributed by atoms with E-state index in [1.54, 1.807) is 0 Å². The smallest absolute Gasteiger partial charge is 0.266 e. The molecule has 4 heterocycles. The van der Waals surface area contributed by atoms with E-state index in [9.17, 15) is 0 Å². The van der Waals surface area contributed by atoms with Gasteiger partial charge in [0.15, 0.2) is 0 Å². The lowest BCUT2D eigenvalue weighted by atomic mass is 9.33. The van der Waals surface area contributed by atoms with Crippen LogP contribution in [0.5, 0.6) is 23.0 Å². The highest BCUT2D eigenvalue weighted by molar-refractivity contribution is 7.00. The van der Waals surface area contributed by atoms with Gasteiger partial charge in [-0.15, -0.1) is 0 Å². The second-order valence-corrected chi connectivity index (χ2v) is 9.30. The number of hydrogen-bond acceptors (Lipinski definition) is 2. The predicted molar refractivity (Wildman–Crippen MR) is 137 cm³/mol. The van der Waals surface area contributed by atoms with Crippen LogP contribution >= 0.6 is 0 Å². The Morgan fingerprint density at radius 2 is 1.24 bits per heavy atom. The molecule has 4 heteroatoms. The lowest BCUT2D eigenvalue weighted by molar-refractivity contribution is 0.464. The summed E-state index contributed by atoms with van der Waals surface area (Å²) in [6.45, 7) is 0.115. The van der Waals surface area contributed by atoms with Gasteiger partial charge in [0, 0.05) is 21.9 Å². The van der Waals surface area contributed by atoms with Crippen LogP contribution in [0.15, 0.2) is 97.1 Å². The van der Waals surface area contributed by atoms with Crippen LogP contribution in [0, 0.1) is 0 Å². The number of ether oxygens (including phenoxy) is 2. The van der Waals surface area contributed by atoms with Crippen LogP contribution in [0.2, 0.25) is 0 Å². The minimum Gasteiger partial charge on any atom is -0.458 e. The highest BCUT2D eigenvalue weighted by Crippen LogP contribution is 2.43. The van der Waals surface area contributed by atoms with Crippen molar-refractivity contribution < 1.29 is 9.47 Å². The van der Waals surface area contributed by atoms with Crippen LogP contribution in [0.1, 0.15) is 0 Å². The van der Waals surface area contributed by atoms with Gasteiger partial charge < -0.3 is 14.0 Å². The molecule has 0 fully saturated rings. The molecule has 0 saturated heterocycles. The van der Waals surface area contributed by atoms with Crippen molar-refractivity contribution in [3.8, 4) is 39.8 Å². The fourth-order valence-electron chi connectivity index (χ4n) is 6.30. The first kappa shape index (κ1) is 17.1. The van der Waals surface area contributed by atoms with Crippen molar-refractivity contribution in [1.82, 2.24) is 4.57 Å². The molecule has 1 aromatic heterocycles. The van der Waals surface area contributed by atoms with Gasteiger partial charge in [0.1, 0.15) is 23.0 Å². The van der Waals surface area contributed by atoms with Crippen LogP contribution in [0.4, 0.5) is 0 Å². The van der Waals surface area contributed by atoms with Gasteiger partial charge in [-0.3, -0.25) is 0 Å². The summed E-state index contributed by atoms with van der Waals surface area (Å²) in [5, 5.41) is 2.52. The molecule has 34 heavy (non-hydrogen) atoms. The van der Waals surface area contributed by atoms with Crippen LogP contribution < -0.4 is 25.9 Å². The summed E-state index contributed by atoms with van der Waals surface area (Å²) in [5.41, 5.74) is 9.71. The Morgan fingerprint density at radius 1 is 0.529 bits per heavy atom. The zero-order valence-electron chi connectivity index (χ0n) is 18.1. The van der Waals surface area contributed by atoms with Gasteiger partial charge in [-0.1, -0.05) is 54.6 Å².